The second-order valence-corrected chi connectivity index (χ2v) is 6.72. The molecule has 1 aromatic carbocycles. The van der Waals surface area contributed by atoms with E-state index in [-0.39, 0.29) is 12.0 Å². The first-order valence-corrected chi connectivity index (χ1v) is 8.51. The molecule has 0 radical (unpaired) electrons. The quantitative estimate of drug-likeness (QED) is 0.749. The summed E-state index contributed by atoms with van der Waals surface area (Å²) in [7, 11) is 0. The molecule has 0 fully saturated rings. The lowest BCUT2D eigenvalue weighted by molar-refractivity contribution is 0.0757. The lowest BCUT2D eigenvalue weighted by atomic mass is 10.2. The van der Waals surface area contributed by atoms with Crippen molar-refractivity contribution in [2.24, 2.45) is 0 Å². The molecule has 0 aliphatic heterocycles. The maximum absolute atomic E-state index is 12.1. The van der Waals surface area contributed by atoms with Gasteiger partial charge in [0.15, 0.2) is 0 Å². The van der Waals surface area contributed by atoms with Crippen LogP contribution in [0.1, 0.15) is 29.9 Å². The number of hydrogen-bond acceptors (Lipinski definition) is 3. The van der Waals surface area contributed by atoms with E-state index in [0.29, 0.717) is 18.2 Å². The summed E-state index contributed by atoms with van der Waals surface area (Å²) in [6, 6.07) is 11.4. The van der Waals surface area contributed by atoms with E-state index in [9.17, 15) is 4.79 Å². The molecule has 2 rings (SSSR count). The number of carbonyl (C=O) groups is 1. The van der Waals surface area contributed by atoms with Crippen LogP contribution >= 0.6 is 22.9 Å². The van der Waals surface area contributed by atoms with E-state index >= 15 is 0 Å². The van der Waals surface area contributed by atoms with Crippen LogP contribution in [0.25, 0.3) is 10.4 Å². The van der Waals surface area contributed by atoms with Crippen molar-refractivity contribution in [2.45, 2.75) is 26.4 Å². The maximum Gasteiger partial charge on any atom is 0.261 e. The topological polar surface area (TPSA) is 38.3 Å². The summed E-state index contributed by atoms with van der Waals surface area (Å²) in [4.78, 5) is 13.9. The Hall–Kier alpha value is -1.36. The smallest absolute Gasteiger partial charge is 0.261 e. The number of benzene rings is 1. The molecule has 5 heteroatoms. The van der Waals surface area contributed by atoms with E-state index in [4.69, 9.17) is 16.3 Å². The van der Waals surface area contributed by atoms with E-state index in [1.165, 1.54) is 11.3 Å². The summed E-state index contributed by atoms with van der Waals surface area (Å²) < 4.78 is 5.44. The van der Waals surface area contributed by atoms with E-state index in [0.717, 1.165) is 21.7 Å². The Morgan fingerprint density at radius 2 is 1.95 bits per heavy atom. The van der Waals surface area contributed by atoms with Crippen LogP contribution in [-0.4, -0.2) is 25.2 Å². The molecule has 0 saturated heterocycles. The fraction of sp³-hybridized carbons (Fsp3) is 0.353. The summed E-state index contributed by atoms with van der Waals surface area (Å²) in [5.74, 6) is -0.0326. The van der Waals surface area contributed by atoms with Gasteiger partial charge in [-0.25, -0.2) is 0 Å². The van der Waals surface area contributed by atoms with E-state index in [1.807, 2.05) is 50.2 Å². The van der Waals surface area contributed by atoms with Crippen LogP contribution in [0.2, 0.25) is 5.02 Å². The molecule has 0 saturated carbocycles. The lowest BCUT2D eigenvalue weighted by Crippen LogP contribution is -2.24. The second-order valence-electron chi connectivity index (χ2n) is 5.20. The van der Waals surface area contributed by atoms with Gasteiger partial charge in [-0.3, -0.25) is 4.79 Å². The highest BCUT2D eigenvalue weighted by Gasteiger charge is 2.09. The minimum atomic E-state index is -0.0326. The molecule has 3 nitrogen and oxygen atoms in total. The van der Waals surface area contributed by atoms with Crippen LogP contribution in [0.3, 0.4) is 0 Å². The molecule has 0 atom stereocenters. The van der Waals surface area contributed by atoms with Crippen LogP contribution < -0.4 is 5.32 Å². The highest BCUT2D eigenvalue weighted by Crippen LogP contribution is 2.28. The molecule has 1 heterocycles. The number of amides is 1. The molecule has 118 valence electrons. The van der Waals surface area contributed by atoms with Crippen LogP contribution in [0, 0.1) is 0 Å². The third-order valence-corrected chi connectivity index (χ3v) is 4.40. The zero-order valence-electron chi connectivity index (χ0n) is 12.8. The van der Waals surface area contributed by atoms with Gasteiger partial charge in [-0.15, -0.1) is 11.3 Å². The number of rotatable bonds is 7. The van der Waals surface area contributed by atoms with Crippen molar-refractivity contribution in [1.82, 2.24) is 5.32 Å². The van der Waals surface area contributed by atoms with Gasteiger partial charge in [0.25, 0.3) is 5.91 Å². The molecule has 0 aliphatic rings. The average molecular weight is 338 g/mol. The number of carbonyl (C=O) groups excluding carboxylic acids is 1. The predicted molar refractivity (Wildman–Crippen MR) is 92.8 cm³/mol. The van der Waals surface area contributed by atoms with Crippen LogP contribution in [0.15, 0.2) is 36.4 Å². The third-order valence-electron chi connectivity index (χ3n) is 3.02. The van der Waals surface area contributed by atoms with Crippen LogP contribution in [0.5, 0.6) is 0 Å². The fourth-order valence-electron chi connectivity index (χ4n) is 1.91. The van der Waals surface area contributed by atoms with Crippen LogP contribution in [-0.2, 0) is 4.74 Å². The van der Waals surface area contributed by atoms with Gasteiger partial charge in [-0.2, -0.15) is 0 Å². The Balaban J connectivity index is 1.85. The van der Waals surface area contributed by atoms with Gasteiger partial charge >= 0.3 is 0 Å². The standard InChI is InChI=1S/C17H20ClNO2S/c1-12(2)21-11-3-10-19-17(20)16-9-8-15(22-16)13-4-6-14(18)7-5-13/h4-9,12H,3,10-11H2,1-2H3,(H,19,20). The lowest BCUT2D eigenvalue weighted by Gasteiger charge is -2.07. The maximum atomic E-state index is 12.1. The SMILES string of the molecule is CC(C)OCCCNC(=O)c1ccc(-c2ccc(Cl)cc2)s1. The summed E-state index contributed by atoms with van der Waals surface area (Å²) in [5, 5.41) is 3.63. The number of thiophene rings is 1. The molecule has 22 heavy (non-hydrogen) atoms. The van der Waals surface area contributed by atoms with Crippen molar-refractivity contribution < 1.29 is 9.53 Å². The summed E-state index contributed by atoms with van der Waals surface area (Å²) >= 11 is 7.37. The van der Waals surface area contributed by atoms with Crippen molar-refractivity contribution in [3.63, 3.8) is 0 Å². The van der Waals surface area contributed by atoms with Gasteiger partial charge < -0.3 is 10.1 Å². The zero-order valence-corrected chi connectivity index (χ0v) is 14.3. The van der Waals surface area contributed by atoms with Gasteiger partial charge in [-0.1, -0.05) is 23.7 Å². The van der Waals surface area contributed by atoms with Crippen molar-refractivity contribution in [2.75, 3.05) is 13.2 Å². The Kier molecular flexibility index (Phi) is 6.43. The molecule has 0 bridgehead atoms. The molecule has 2 aromatic rings. The molecular formula is C17H20ClNO2S. The number of hydrogen-bond donors (Lipinski definition) is 1. The molecule has 0 unspecified atom stereocenters. The largest absolute Gasteiger partial charge is 0.379 e. The van der Waals surface area contributed by atoms with E-state index < -0.39 is 0 Å². The van der Waals surface area contributed by atoms with Gasteiger partial charge in [0.05, 0.1) is 11.0 Å². The van der Waals surface area contributed by atoms with Gasteiger partial charge in [0.1, 0.15) is 0 Å². The Bertz CT molecular complexity index is 607. The Morgan fingerprint density at radius 1 is 1.23 bits per heavy atom. The number of nitrogens with one attached hydrogen (secondary N) is 1. The first-order valence-electron chi connectivity index (χ1n) is 7.32. The molecule has 0 aliphatic carbocycles. The van der Waals surface area contributed by atoms with Gasteiger partial charge in [0.2, 0.25) is 0 Å². The van der Waals surface area contributed by atoms with E-state index in [2.05, 4.69) is 5.32 Å². The third kappa shape index (κ3) is 5.13. The summed E-state index contributed by atoms with van der Waals surface area (Å²) in [5.41, 5.74) is 1.07. The highest BCUT2D eigenvalue weighted by atomic mass is 35.5. The predicted octanol–water partition coefficient (Wildman–Crippen LogP) is 4.61. The summed E-state index contributed by atoms with van der Waals surface area (Å²) in [6.07, 6.45) is 1.05. The fourth-order valence-corrected chi connectivity index (χ4v) is 2.96. The van der Waals surface area contributed by atoms with Crippen molar-refractivity contribution >= 4 is 28.8 Å². The average Bonchev–Trinajstić information content (AvgIpc) is 2.97. The highest BCUT2D eigenvalue weighted by molar-refractivity contribution is 7.17. The van der Waals surface area contributed by atoms with E-state index in [1.54, 1.807) is 0 Å². The van der Waals surface area contributed by atoms with Crippen molar-refractivity contribution in [3.8, 4) is 10.4 Å². The van der Waals surface area contributed by atoms with Crippen LogP contribution in [0.4, 0.5) is 0 Å². The number of ether oxygens (including phenoxy) is 1. The first kappa shape index (κ1) is 17.0. The minimum Gasteiger partial charge on any atom is -0.379 e. The normalized spacial score (nSPS) is 10.9. The Morgan fingerprint density at radius 3 is 2.64 bits per heavy atom. The van der Waals surface area contributed by atoms with Gasteiger partial charge in [0, 0.05) is 23.1 Å². The number of halogens is 1. The molecule has 1 N–H and O–H groups in total. The first-order chi connectivity index (χ1) is 10.6. The van der Waals surface area contributed by atoms with Gasteiger partial charge in [-0.05, 0) is 50.1 Å². The van der Waals surface area contributed by atoms with Crippen molar-refractivity contribution in [1.29, 1.82) is 0 Å². The molecular weight excluding hydrogens is 318 g/mol. The zero-order chi connectivity index (χ0) is 15.9. The Labute approximate surface area is 140 Å². The molecule has 0 spiro atoms. The molecule has 1 aromatic heterocycles. The molecule has 1 amide bonds. The second kappa shape index (κ2) is 8.32. The summed E-state index contributed by atoms with van der Waals surface area (Å²) in [6.45, 7) is 5.29. The van der Waals surface area contributed by atoms with Crippen molar-refractivity contribution in [3.05, 3.63) is 46.3 Å². The minimum absolute atomic E-state index is 0.0326. The monoisotopic (exact) mass is 337 g/mol.